The van der Waals surface area contributed by atoms with Crippen LogP contribution in [0.5, 0.6) is 5.75 Å². The van der Waals surface area contributed by atoms with Crippen LogP contribution in [-0.4, -0.2) is 17.3 Å². The van der Waals surface area contributed by atoms with Crippen molar-refractivity contribution in [2.45, 2.75) is 0 Å². The number of nitrogen functional groups attached to an aromatic ring is 1. The van der Waals surface area contributed by atoms with E-state index in [4.69, 9.17) is 10.5 Å². The van der Waals surface area contributed by atoms with E-state index in [2.05, 4.69) is 15.5 Å². The molecule has 3 N–H and O–H groups in total. The minimum Gasteiger partial charge on any atom is -0.497 e. The Morgan fingerprint density at radius 2 is 2.06 bits per heavy atom. The highest BCUT2D eigenvalue weighted by molar-refractivity contribution is 5.59. The number of hydrogen-bond donors (Lipinski definition) is 2. The highest BCUT2D eigenvalue weighted by Crippen LogP contribution is 2.23. The Labute approximate surface area is 97.4 Å². The molecule has 0 spiro atoms. The Morgan fingerprint density at radius 1 is 1.24 bits per heavy atom. The fourth-order valence-electron chi connectivity index (χ4n) is 1.27. The summed E-state index contributed by atoms with van der Waals surface area (Å²) in [7, 11) is 1.51. The zero-order chi connectivity index (χ0) is 12.3. The van der Waals surface area contributed by atoms with Gasteiger partial charge in [-0.25, -0.2) is 4.39 Å². The van der Waals surface area contributed by atoms with Gasteiger partial charge in [0.2, 0.25) is 0 Å². The number of aromatic nitrogens is 2. The third-order valence-electron chi connectivity index (χ3n) is 2.12. The summed E-state index contributed by atoms with van der Waals surface area (Å²) < 4.78 is 18.5. The number of nitrogens with two attached hydrogens (primary N) is 1. The minimum absolute atomic E-state index is 0.267. The van der Waals surface area contributed by atoms with E-state index in [9.17, 15) is 4.39 Å². The van der Waals surface area contributed by atoms with Gasteiger partial charge in [-0.05, 0) is 24.3 Å². The standard InChI is InChI=1S/C11H11FN4O/c1-17-7-2-3-8(12)9(6-7)14-11-5-4-10(13)15-16-11/h2-6H,1H3,(H2,13,15)(H,14,16). The highest BCUT2D eigenvalue weighted by Gasteiger charge is 2.05. The van der Waals surface area contributed by atoms with Crippen LogP contribution in [0.15, 0.2) is 30.3 Å². The summed E-state index contributed by atoms with van der Waals surface area (Å²) in [5.74, 6) is 0.870. The largest absolute Gasteiger partial charge is 0.497 e. The molecule has 0 atom stereocenters. The number of nitrogens with zero attached hydrogens (tertiary/aromatic N) is 2. The van der Waals surface area contributed by atoms with Crippen LogP contribution in [0.25, 0.3) is 0 Å². The SMILES string of the molecule is COc1ccc(F)c(Nc2ccc(N)nn2)c1. The lowest BCUT2D eigenvalue weighted by Gasteiger charge is -2.08. The Hall–Kier alpha value is -2.37. The van der Waals surface area contributed by atoms with Crippen LogP contribution in [0.4, 0.5) is 21.7 Å². The molecule has 17 heavy (non-hydrogen) atoms. The predicted octanol–water partition coefficient (Wildman–Crippen LogP) is 1.95. The molecule has 0 amide bonds. The van der Waals surface area contributed by atoms with Crippen LogP contribution in [0.3, 0.4) is 0 Å². The van der Waals surface area contributed by atoms with Crippen molar-refractivity contribution < 1.29 is 9.13 Å². The minimum atomic E-state index is -0.399. The monoisotopic (exact) mass is 234 g/mol. The first-order chi connectivity index (χ1) is 8.19. The molecule has 0 aliphatic rings. The summed E-state index contributed by atoms with van der Waals surface area (Å²) in [6.07, 6.45) is 0. The fraction of sp³-hybridized carbons (Fsp3) is 0.0909. The summed E-state index contributed by atoms with van der Waals surface area (Å²) in [6.45, 7) is 0. The Kier molecular flexibility index (Phi) is 3.04. The molecule has 0 aliphatic heterocycles. The normalized spacial score (nSPS) is 10.0. The van der Waals surface area contributed by atoms with Crippen LogP contribution < -0.4 is 15.8 Å². The topological polar surface area (TPSA) is 73.1 Å². The second-order valence-electron chi connectivity index (χ2n) is 3.31. The van der Waals surface area contributed by atoms with Gasteiger partial charge in [-0.15, -0.1) is 10.2 Å². The molecule has 0 saturated heterocycles. The van der Waals surface area contributed by atoms with Crippen molar-refractivity contribution in [1.29, 1.82) is 0 Å². The van der Waals surface area contributed by atoms with E-state index in [-0.39, 0.29) is 5.69 Å². The maximum Gasteiger partial charge on any atom is 0.153 e. The van der Waals surface area contributed by atoms with Gasteiger partial charge in [0.05, 0.1) is 12.8 Å². The third kappa shape index (κ3) is 2.60. The smallest absolute Gasteiger partial charge is 0.153 e. The third-order valence-corrected chi connectivity index (χ3v) is 2.12. The number of anilines is 3. The zero-order valence-corrected chi connectivity index (χ0v) is 9.14. The molecular formula is C11H11FN4O. The van der Waals surface area contributed by atoms with Gasteiger partial charge in [0.15, 0.2) is 5.82 Å². The molecule has 1 aromatic heterocycles. The number of hydrogen-bond acceptors (Lipinski definition) is 5. The predicted molar refractivity (Wildman–Crippen MR) is 62.7 cm³/mol. The molecule has 0 unspecified atom stereocenters. The van der Waals surface area contributed by atoms with Crippen molar-refractivity contribution in [2.75, 3.05) is 18.2 Å². The van der Waals surface area contributed by atoms with Gasteiger partial charge in [0.1, 0.15) is 17.4 Å². The molecule has 0 fully saturated rings. The van der Waals surface area contributed by atoms with Crippen LogP contribution >= 0.6 is 0 Å². The number of benzene rings is 1. The lowest BCUT2D eigenvalue weighted by atomic mass is 10.3. The summed E-state index contributed by atoms with van der Waals surface area (Å²) >= 11 is 0. The van der Waals surface area contributed by atoms with Gasteiger partial charge in [-0.2, -0.15) is 0 Å². The first-order valence-electron chi connectivity index (χ1n) is 4.89. The van der Waals surface area contributed by atoms with E-state index in [0.717, 1.165) is 0 Å². The molecule has 0 saturated carbocycles. The quantitative estimate of drug-likeness (QED) is 0.849. The van der Waals surface area contributed by atoms with Gasteiger partial charge in [-0.3, -0.25) is 0 Å². The Bertz CT molecular complexity index is 515. The van der Waals surface area contributed by atoms with Gasteiger partial charge in [0, 0.05) is 6.07 Å². The molecule has 1 aromatic carbocycles. The average molecular weight is 234 g/mol. The maximum atomic E-state index is 13.5. The maximum absolute atomic E-state index is 13.5. The molecule has 2 rings (SSSR count). The Balaban J connectivity index is 2.25. The van der Waals surface area contributed by atoms with Crippen LogP contribution in [-0.2, 0) is 0 Å². The summed E-state index contributed by atoms with van der Waals surface area (Å²) in [5.41, 5.74) is 5.67. The van der Waals surface area contributed by atoms with Crippen LogP contribution in [0, 0.1) is 5.82 Å². The van der Waals surface area contributed by atoms with Gasteiger partial charge >= 0.3 is 0 Å². The summed E-state index contributed by atoms with van der Waals surface area (Å²) in [6, 6.07) is 7.57. The van der Waals surface area contributed by atoms with E-state index in [0.29, 0.717) is 17.4 Å². The van der Waals surface area contributed by atoms with Gasteiger partial charge in [-0.1, -0.05) is 0 Å². The number of nitrogens with one attached hydrogen (secondary N) is 1. The second kappa shape index (κ2) is 4.65. The van der Waals surface area contributed by atoms with Crippen molar-refractivity contribution in [3.63, 3.8) is 0 Å². The molecule has 1 heterocycles. The Morgan fingerprint density at radius 3 is 2.71 bits per heavy atom. The van der Waals surface area contributed by atoms with Crippen molar-refractivity contribution in [2.24, 2.45) is 0 Å². The summed E-state index contributed by atoms with van der Waals surface area (Å²) in [5, 5.41) is 10.2. The van der Waals surface area contributed by atoms with Gasteiger partial charge in [0.25, 0.3) is 0 Å². The molecule has 88 valence electrons. The molecule has 5 nitrogen and oxygen atoms in total. The number of methoxy groups -OCH3 is 1. The lowest BCUT2D eigenvalue weighted by Crippen LogP contribution is -2.00. The van der Waals surface area contributed by atoms with Crippen LogP contribution in [0.2, 0.25) is 0 Å². The van der Waals surface area contributed by atoms with E-state index >= 15 is 0 Å². The van der Waals surface area contributed by atoms with E-state index < -0.39 is 5.82 Å². The second-order valence-corrected chi connectivity index (χ2v) is 3.31. The van der Waals surface area contributed by atoms with Crippen molar-refractivity contribution >= 4 is 17.3 Å². The fourth-order valence-corrected chi connectivity index (χ4v) is 1.27. The van der Waals surface area contributed by atoms with Crippen molar-refractivity contribution in [3.8, 4) is 5.75 Å². The first kappa shape index (κ1) is 11.1. The number of rotatable bonds is 3. The zero-order valence-electron chi connectivity index (χ0n) is 9.14. The summed E-state index contributed by atoms with van der Waals surface area (Å²) in [4.78, 5) is 0. The molecule has 0 radical (unpaired) electrons. The lowest BCUT2D eigenvalue weighted by molar-refractivity contribution is 0.414. The molecule has 6 heteroatoms. The average Bonchev–Trinajstić information content (AvgIpc) is 2.35. The molecular weight excluding hydrogens is 223 g/mol. The number of ether oxygens (including phenoxy) is 1. The van der Waals surface area contributed by atoms with E-state index in [1.54, 1.807) is 12.1 Å². The van der Waals surface area contributed by atoms with Crippen molar-refractivity contribution in [3.05, 3.63) is 36.1 Å². The molecule has 2 aromatic rings. The van der Waals surface area contributed by atoms with Gasteiger partial charge < -0.3 is 15.8 Å². The van der Waals surface area contributed by atoms with Crippen LogP contribution in [0.1, 0.15) is 0 Å². The molecule has 0 bridgehead atoms. The highest BCUT2D eigenvalue weighted by atomic mass is 19.1. The van der Waals surface area contributed by atoms with E-state index in [1.165, 1.54) is 25.3 Å². The van der Waals surface area contributed by atoms with E-state index in [1.807, 2.05) is 0 Å². The first-order valence-corrected chi connectivity index (χ1v) is 4.89. The number of halogens is 1. The molecule has 0 aliphatic carbocycles. The van der Waals surface area contributed by atoms with Crippen molar-refractivity contribution in [1.82, 2.24) is 10.2 Å².